The fourth-order valence-electron chi connectivity index (χ4n) is 4.64. The fraction of sp³-hybridized carbons (Fsp3) is 0.613. The van der Waals surface area contributed by atoms with E-state index in [-0.39, 0.29) is 0 Å². The van der Waals surface area contributed by atoms with Crippen LogP contribution in [0, 0.1) is 16.7 Å². The summed E-state index contributed by atoms with van der Waals surface area (Å²) in [6.07, 6.45) is 11.7. The predicted molar refractivity (Wildman–Crippen MR) is 145 cm³/mol. The summed E-state index contributed by atoms with van der Waals surface area (Å²) >= 11 is 0. The van der Waals surface area contributed by atoms with E-state index < -0.39 is 0 Å². The van der Waals surface area contributed by atoms with Crippen molar-refractivity contribution in [1.82, 2.24) is 0 Å². The van der Waals surface area contributed by atoms with Crippen molar-refractivity contribution in [2.24, 2.45) is 16.7 Å². The van der Waals surface area contributed by atoms with E-state index in [1.165, 1.54) is 69.0 Å². The normalized spacial score (nSPS) is 13.0. The molecule has 0 heterocycles. The molecule has 1 N–H and O–H groups in total. The molecule has 2 heteroatoms. The minimum atomic E-state index is 0.364. The standard InChI is InChI=1S/C31H49NO/c1-7-30(2,3)23-13-17-27(25-32-28-18-20-29(33-6)21-19-28)16-11-12-22-31(4,5)24-26-14-9-8-10-15-26/h8-10,14-15,18-21,27,32H,7,11-13,16-17,22-25H2,1-6H3. The number of nitrogens with one attached hydrogen (secondary N) is 1. The smallest absolute Gasteiger partial charge is 0.119 e. The number of rotatable bonds is 16. The molecule has 2 rings (SSSR count). The van der Waals surface area contributed by atoms with Crippen molar-refractivity contribution in [2.45, 2.75) is 92.4 Å². The lowest BCUT2D eigenvalue weighted by Gasteiger charge is -2.26. The first-order valence-corrected chi connectivity index (χ1v) is 13.1. The number of hydrogen-bond acceptors (Lipinski definition) is 2. The third-order valence-electron chi connectivity index (χ3n) is 7.35. The molecular weight excluding hydrogens is 402 g/mol. The Bertz CT molecular complexity index is 763. The van der Waals surface area contributed by atoms with E-state index in [9.17, 15) is 0 Å². The zero-order valence-electron chi connectivity index (χ0n) is 22.3. The van der Waals surface area contributed by atoms with E-state index in [1.54, 1.807) is 7.11 Å². The monoisotopic (exact) mass is 451 g/mol. The molecule has 1 atom stereocenters. The number of methoxy groups -OCH3 is 1. The molecule has 2 aromatic carbocycles. The molecule has 0 saturated heterocycles. The minimum Gasteiger partial charge on any atom is -0.497 e. The van der Waals surface area contributed by atoms with Gasteiger partial charge in [-0.3, -0.25) is 0 Å². The first-order chi connectivity index (χ1) is 15.7. The van der Waals surface area contributed by atoms with E-state index in [4.69, 9.17) is 4.74 Å². The van der Waals surface area contributed by atoms with Gasteiger partial charge in [-0.25, -0.2) is 0 Å². The van der Waals surface area contributed by atoms with Gasteiger partial charge in [-0.1, -0.05) is 90.6 Å². The predicted octanol–water partition coefficient (Wildman–Crippen LogP) is 9.16. The van der Waals surface area contributed by atoms with Gasteiger partial charge in [0.1, 0.15) is 5.75 Å². The number of unbranched alkanes of at least 4 members (excludes halogenated alkanes) is 1. The highest BCUT2D eigenvalue weighted by molar-refractivity contribution is 5.46. The van der Waals surface area contributed by atoms with Gasteiger partial charge >= 0.3 is 0 Å². The van der Waals surface area contributed by atoms with Gasteiger partial charge in [-0.2, -0.15) is 0 Å². The minimum absolute atomic E-state index is 0.364. The molecular formula is C31H49NO. The average molecular weight is 452 g/mol. The quantitative estimate of drug-likeness (QED) is 0.257. The molecule has 1 unspecified atom stereocenters. The second-order valence-corrected chi connectivity index (χ2v) is 11.5. The topological polar surface area (TPSA) is 21.3 Å². The number of anilines is 1. The van der Waals surface area contributed by atoms with Crippen LogP contribution >= 0.6 is 0 Å². The highest BCUT2D eigenvalue weighted by atomic mass is 16.5. The summed E-state index contributed by atoms with van der Waals surface area (Å²) in [7, 11) is 1.72. The summed E-state index contributed by atoms with van der Waals surface area (Å²) in [4.78, 5) is 0. The highest BCUT2D eigenvalue weighted by Gasteiger charge is 2.19. The summed E-state index contributed by atoms with van der Waals surface area (Å²) < 4.78 is 5.29. The van der Waals surface area contributed by atoms with Gasteiger partial charge in [0, 0.05) is 12.2 Å². The van der Waals surface area contributed by atoms with E-state index in [0.717, 1.165) is 18.2 Å². The van der Waals surface area contributed by atoms with Crippen molar-refractivity contribution in [2.75, 3.05) is 19.0 Å². The maximum atomic E-state index is 5.29. The van der Waals surface area contributed by atoms with Crippen LogP contribution in [0.1, 0.15) is 91.5 Å². The fourth-order valence-corrected chi connectivity index (χ4v) is 4.64. The van der Waals surface area contributed by atoms with Crippen molar-refractivity contribution < 1.29 is 4.74 Å². The lowest BCUT2D eigenvalue weighted by molar-refractivity contribution is 0.287. The Morgan fingerprint density at radius 2 is 1.42 bits per heavy atom. The zero-order valence-corrected chi connectivity index (χ0v) is 22.3. The molecule has 2 aromatic rings. The van der Waals surface area contributed by atoms with Crippen molar-refractivity contribution in [3.63, 3.8) is 0 Å². The summed E-state index contributed by atoms with van der Waals surface area (Å²) in [5, 5.41) is 3.69. The van der Waals surface area contributed by atoms with Gasteiger partial charge in [-0.05, 0) is 78.7 Å². The van der Waals surface area contributed by atoms with Gasteiger partial charge in [0.15, 0.2) is 0 Å². The van der Waals surface area contributed by atoms with Crippen LogP contribution in [0.15, 0.2) is 54.6 Å². The molecule has 184 valence electrons. The summed E-state index contributed by atoms with van der Waals surface area (Å²) in [6.45, 7) is 13.1. The largest absolute Gasteiger partial charge is 0.497 e. The van der Waals surface area contributed by atoms with E-state index >= 15 is 0 Å². The van der Waals surface area contributed by atoms with E-state index in [2.05, 4.69) is 82.4 Å². The van der Waals surface area contributed by atoms with Crippen LogP contribution in [0.5, 0.6) is 5.75 Å². The van der Waals surface area contributed by atoms with Crippen LogP contribution in [0.4, 0.5) is 5.69 Å². The SMILES string of the molecule is CCC(C)(C)CCCC(CCCCC(C)(C)Cc1ccccc1)CNc1ccc(OC)cc1. The first-order valence-electron chi connectivity index (χ1n) is 13.1. The third-order valence-corrected chi connectivity index (χ3v) is 7.35. The van der Waals surface area contributed by atoms with Gasteiger partial charge in [0.05, 0.1) is 7.11 Å². The summed E-state index contributed by atoms with van der Waals surface area (Å²) in [5.74, 6) is 1.65. The second kappa shape index (κ2) is 13.7. The first kappa shape index (κ1) is 27.3. The second-order valence-electron chi connectivity index (χ2n) is 11.5. The zero-order chi connectivity index (χ0) is 24.2. The number of benzene rings is 2. The molecule has 0 amide bonds. The Morgan fingerprint density at radius 1 is 0.788 bits per heavy atom. The highest BCUT2D eigenvalue weighted by Crippen LogP contribution is 2.31. The Hall–Kier alpha value is -1.96. The van der Waals surface area contributed by atoms with Crippen LogP contribution in [0.3, 0.4) is 0 Å². The Morgan fingerprint density at radius 3 is 2.06 bits per heavy atom. The molecule has 0 fully saturated rings. The summed E-state index contributed by atoms with van der Waals surface area (Å²) in [6, 6.07) is 19.3. The van der Waals surface area contributed by atoms with Crippen LogP contribution < -0.4 is 10.1 Å². The molecule has 0 saturated carbocycles. The molecule has 0 aromatic heterocycles. The molecule has 0 aliphatic rings. The van der Waals surface area contributed by atoms with Crippen molar-refractivity contribution in [3.8, 4) is 5.75 Å². The van der Waals surface area contributed by atoms with Crippen molar-refractivity contribution in [3.05, 3.63) is 60.2 Å². The number of hydrogen-bond donors (Lipinski definition) is 1. The van der Waals surface area contributed by atoms with Crippen molar-refractivity contribution in [1.29, 1.82) is 0 Å². The number of ether oxygens (including phenoxy) is 1. The Kier molecular flexibility index (Phi) is 11.3. The van der Waals surface area contributed by atoms with E-state index in [0.29, 0.717) is 10.8 Å². The molecule has 0 spiro atoms. The molecule has 33 heavy (non-hydrogen) atoms. The van der Waals surface area contributed by atoms with Gasteiger partial charge < -0.3 is 10.1 Å². The van der Waals surface area contributed by atoms with Crippen LogP contribution in [0.2, 0.25) is 0 Å². The van der Waals surface area contributed by atoms with Gasteiger partial charge in [-0.15, -0.1) is 0 Å². The van der Waals surface area contributed by atoms with E-state index in [1.807, 2.05) is 12.1 Å². The average Bonchev–Trinajstić information content (AvgIpc) is 2.80. The van der Waals surface area contributed by atoms with Crippen molar-refractivity contribution >= 4 is 5.69 Å². The van der Waals surface area contributed by atoms with Gasteiger partial charge in [0.25, 0.3) is 0 Å². The van der Waals surface area contributed by atoms with Crippen LogP contribution in [-0.2, 0) is 6.42 Å². The molecule has 0 aliphatic carbocycles. The van der Waals surface area contributed by atoms with Crippen LogP contribution in [-0.4, -0.2) is 13.7 Å². The lowest BCUT2D eigenvalue weighted by Crippen LogP contribution is -2.17. The molecule has 0 aliphatic heterocycles. The molecule has 0 radical (unpaired) electrons. The Labute approximate surface area is 204 Å². The van der Waals surface area contributed by atoms with Crippen LogP contribution in [0.25, 0.3) is 0 Å². The maximum Gasteiger partial charge on any atom is 0.119 e. The van der Waals surface area contributed by atoms with Gasteiger partial charge in [0.2, 0.25) is 0 Å². The maximum absolute atomic E-state index is 5.29. The summed E-state index contributed by atoms with van der Waals surface area (Å²) in [5.41, 5.74) is 3.49. The molecule has 2 nitrogen and oxygen atoms in total. The Balaban J connectivity index is 1.82. The molecule has 0 bridgehead atoms. The lowest BCUT2D eigenvalue weighted by atomic mass is 9.80. The third kappa shape index (κ3) is 11.1.